The van der Waals surface area contributed by atoms with Crippen LogP contribution in [-0.2, 0) is 0 Å². The fraction of sp³-hybridized carbons (Fsp3) is 0.321. The number of amides is 1. The predicted molar refractivity (Wildman–Crippen MR) is 135 cm³/mol. The zero-order valence-corrected chi connectivity index (χ0v) is 20.4. The summed E-state index contributed by atoms with van der Waals surface area (Å²) in [5.74, 6) is 1.53. The summed E-state index contributed by atoms with van der Waals surface area (Å²) in [5.41, 5.74) is 3.10. The highest BCUT2D eigenvalue weighted by Crippen LogP contribution is 2.38. The van der Waals surface area contributed by atoms with Gasteiger partial charge in [-0.1, -0.05) is 60.7 Å². The molecule has 3 aromatic rings. The lowest BCUT2D eigenvalue weighted by molar-refractivity contribution is 0.0949. The minimum atomic E-state index is -0.181. The molecule has 1 amide bonds. The van der Waals surface area contributed by atoms with Crippen molar-refractivity contribution in [1.29, 1.82) is 0 Å². The lowest BCUT2D eigenvalue weighted by Gasteiger charge is -2.23. The first-order valence-electron chi connectivity index (χ1n) is 11.4. The van der Waals surface area contributed by atoms with Crippen molar-refractivity contribution in [1.82, 2.24) is 10.2 Å². The number of nitrogens with zero attached hydrogens (tertiary/aromatic N) is 1. The van der Waals surface area contributed by atoms with Crippen LogP contribution in [0.15, 0.2) is 72.8 Å². The maximum atomic E-state index is 12.7. The highest BCUT2D eigenvalue weighted by molar-refractivity contribution is 5.95. The number of nitrogens with one attached hydrogen (secondary N) is 1. The SMILES string of the molecule is COc1cc(C(=O)NCCN(C)CCC(c2ccccc2)c2ccccc2)cc(OC)c1OC. The van der Waals surface area contributed by atoms with E-state index < -0.39 is 0 Å². The largest absolute Gasteiger partial charge is 0.493 e. The maximum absolute atomic E-state index is 12.7. The number of likely N-dealkylation sites (N-methyl/N-ethyl adjacent to an activating group) is 1. The molecular weight excluding hydrogens is 428 g/mol. The molecule has 0 radical (unpaired) electrons. The van der Waals surface area contributed by atoms with Crippen LogP contribution in [0.1, 0.15) is 33.8 Å². The summed E-state index contributed by atoms with van der Waals surface area (Å²) in [6.07, 6.45) is 0.991. The molecule has 3 rings (SSSR count). The van der Waals surface area contributed by atoms with Gasteiger partial charge in [-0.2, -0.15) is 0 Å². The summed E-state index contributed by atoms with van der Waals surface area (Å²) in [7, 11) is 6.69. The first-order valence-corrected chi connectivity index (χ1v) is 11.4. The molecular formula is C28H34N2O4. The van der Waals surface area contributed by atoms with Crippen LogP contribution >= 0.6 is 0 Å². The Bertz CT molecular complexity index is 976. The summed E-state index contributed by atoms with van der Waals surface area (Å²) in [4.78, 5) is 15.0. The molecule has 0 fully saturated rings. The van der Waals surface area contributed by atoms with Crippen molar-refractivity contribution in [3.63, 3.8) is 0 Å². The average molecular weight is 463 g/mol. The van der Waals surface area contributed by atoms with Gasteiger partial charge in [0.2, 0.25) is 5.75 Å². The summed E-state index contributed by atoms with van der Waals surface area (Å²) in [6, 6.07) is 24.5. The Morgan fingerprint density at radius 2 is 1.35 bits per heavy atom. The molecule has 180 valence electrons. The summed E-state index contributed by atoms with van der Waals surface area (Å²) in [6.45, 7) is 2.19. The summed E-state index contributed by atoms with van der Waals surface area (Å²) in [5, 5.41) is 2.99. The van der Waals surface area contributed by atoms with Crippen molar-refractivity contribution in [3.8, 4) is 17.2 Å². The van der Waals surface area contributed by atoms with E-state index in [1.54, 1.807) is 12.1 Å². The average Bonchev–Trinajstić information content (AvgIpc) is 2.89. The zero-order chi connectivity index (χ0) is 24.3. The molecule has 0 aliphatic rings. The van der Waals surface area contributed by atoms with E-state index in [1.807, 2.05) is 12.1 Å². The molecule has 3 aromatic carbocycles. The number of carbonyl (C=O) groups excluding carboxylic acids is 1. The van der Waals surface area contributed by atoms with E-state index in [9.17, 15) is 4.79 Å². The lowest BCUT2D eigenvalue weighted by atomic mass is 9.88. The number of ether oxygens (including phenoxy) is 3. The summed E-state index contributed by atoms with van der Waals surface area (Å²) >= 11 is 0. The van der Waals surface area contributed by atoms with Gasteiger partial charge in [-0.3, -0.25) is 4.79 Å². The molecule has 0 aliphatic carbocycles. The third-order valence-electron chi connectivity index (χ3n) is 5.91. The van der Waals surface area contributed by atoms with Crippen LogP contribution in [0.25, 0.3) is 0 Å². The molecule has 0 aliphatic heterocycles. The molecule has 0 unspecified atom stereocenters. The van der Waals surface area contributed by atoms with Gasteiger partial charge in [-0.15, -0.1) is 0 Å². The third kappa shape index (κ3) is 6.51. The zero-order valence-electron chi connectivity index (χ0n) is 20.4. The van der Waals surface area contributed by atoms with Gasteiger partial charge in [0, 0.05) is 24.6 Å². The van der Waals surface area contributed by atoms with Gasteiger partial charge in [-0.25, -0.2) is 0 Å². The second-order valence-electron chi connectivity index (χ2n) is 8.14. The fourth-order valence-corrected chi connectivity index (χ4v) is 4.03. The van der Waals surface area contributed by atoms with Gasteiger partial charge in [0.15, 0.2) is 11.5 Å². The van der Waals surface area contributed by atoms with Crippen LogP contribution in [0.2, 0.25) is 0 Å². The number of carbonyl (C=O) groups is 1. The van der Waals surface area contributed by atoms with E-state index in [1.165, 1.54) is 32.5 Å². The number of hydrogen-bond acceptors (Lipinski definition) is 5. The highest BCUT2D eigenvalue weighted by Gasteiger charge is 2.17. The minimum Gasteiger partial charge on any atom is -0.493 e. The van der Waals surface area contributed by atoms with Crippen LogP contribution < -0.4 is 19.5 Å². The quantitative estimate of drug-likeness (QED) is 0.426. The van der Waals surface area contributed by atoms with Crippen molar-refractivity contribution in [2.75, 3.05) is 48.0 Å². The van der Waals surface area contributed by atoms with Crippen LogP contribution in [0.4, 0.5) is 0 Å². The number of benzene rings is 3. The van der Waals surface area contributed by atoms with E-state index in [2.05, 4.69) is 65.8 Å². The standard InChI is InChI=1S/C28H34N2O4/c1-30(17-15-24(21-11-7-5-8-12-21)22-13-9-6-10-14-22)18-16-29-28(31)23-19-25(32-2)27(34-4)26(20-23)33-3/h5-14,19-20,24H,15-18H2,1-4H3,(H,29,31). The van der Waals surface area contributed by atoms with Gasteiger partial charge >= 0.3 is 0 Å². The lowest BCUT2D eigenvalue weighted by Crippen LogP contribution is -2.33. The van der Waals surface area contributed by atoms with E-state index in [0.29, 0.717) is 35.3 Å². The van der Waals surface area contributed by atoms with Crippen LogP contribution in [0.5, 0.6) is 17.2 Å². The number of rotatable bonds is 12. The monoisotopic (exact) mass is 462 g/mol. The van der Waals surface area contributed by atoms with E-state index in [4.69, 9.17) is 14.2 Å². The first-order chi connectivity index (χ1) is 16.6. The smallest absolute Gasteiger partial charge is 0.251 e. The topological polar surface area (TPSA) is 60.0 Å². The molecule has 0 atom stereocenters. The maximum Gasteiger partial charge on any atom is 0.251 e. The molecule has 0 saturated carbocycles. The Kier molecular flexibility index (Phi) is 9.35. The van der Waals surface area contributed by atoms with Gasteiger partial charge in [0.05, 0.1) is 21.3 Å². The van der Waals surface area contributed by atoms with Gasteiger partial charge in [-0.05, 0) is 43.3 Å². The highest BCUT2D eigenvalue weighted by atomic mass is 16.5. The molecule has 34 heavy (non-hydrogen) atoms. The molecule has 0 heterocycles. The van der Waals surface area contributed by atoms with Crippen molar-refractivity contribution in [2.24, 2.45) is 0 Å². The van der Waals surface area contributed by atoms with Gasteiger partial charge < -0.3 is 24.4 Å². The molecule has 0 bridgehead atoms. The fourth-order valence-electron chi connectivity index (χ4n) is 4.03. The Morgan fingerprint density at radius 1 is 0.824 bits per heavy atom. The molecule has 6 heteroatoms. The van der Waals surface area contributed by atoms with E-state index in [-0.39, 0.29) is 5.91 Å². The van der Waals surface area contributed by atoms with Crippen molar-refractivity contribution in [3.05, 3.63) is 89.5 Å². The Labute approximate surface area is 202 Å². The Balaban J connectivity index is 1.56. The Morgan fingerprint density at radius 3 is 1.82 bits per heavy atom. The van der Waals surface area contributed by atoms with Crippen LogP contribution in [0, 0.1) is 0 Å². The normalized spacial score (nSPS) is 10.9. The number of methoxy groups -OCH3 is 3. The Hall–Kier alpha value is -3.51. The molecule has 0 aromatic heterocycles. The molecule has 1 N–H and O–H groups in total. The van der Waals surface area contributed by atoms with Gasteiger partial charge in [0.1, 0.15) is 0 Å². The molecule has 0 spiro atoms. The van der Waals surface area contributed by atoms with E-state index >= 15 is 0 Å². The summed E-state index contributed by atoms with van der Waals surface area (Å²) < 4.78 is 16.0. The number of hydrogen-bond donors (Lipinski definition) is 1. The second kappa shape index (κ2) is 12.7. The van der Waals surface area contributed by atoms with Crippen molar-refractivity contribution in [2.45, 2.75) is 12.3 Å². The first kappa shape index (κ1) is 25.1. The van der Waals surface area contributed by atoms with Gasteiger partial charge in [0.25, 0.3) is 5.91 Å². The van der Waals surface area contributed by atoms with E-state index in [0.717, 1.165) is 19.5 Å². The minimum absolute atomic E-state index is 0.181. The van der Waals surface area contributed by atoms with Crippen LogP contribution in [0.3, 0.4) is 0 Å². The predicted octanol–water partition coefficient (Wildman–Crippen LogP) is 4.60. The van der Waals surface area contributed by atoms with Crippen molar-refractivity contribution < 1.29 is 19.0 Å². The van der Waals surface area contributed by atoms with Crippen molar-refractivity contribution >= 4 is 5.91 Å². The second-order valence-corrected chi connectivity index (χ2v) is 8.14. The molecule has 0 saturated heterocycles. The molecule has 6 nitrogen and oxygen atoms in total. The third-order valence-corrected chi connectivity index (χ3v) is 5.91. The van der Waals surface area contributed by atoms with Crippen LogP contribution in [-0.4, -0.2) is 58.8 Å².